The number of carbonyl (C=O) groups is 1. The number of aromatic nitrogens is 1. The van der Waals surface area contributed by atoms with Crippen LogP contribution in [0.4, 0.5) is 13.2 Å². The second kappa shape index (κ2) is 6.71. The van der Waals surface area contributed by atoms with Crippen LogP contribution in [0.1, 0.15) is 30.1 Å². The van der Waals surface area contributed by atoms with Crippen LogP contribution in [0.15, 0.2) is 5.38 Å². The highest BCUT2D eigenvalue weighted by Gasteiger charge is 2.35. The molecule has 1 aromatic heterocycles. The van der Waals surface area contributed by atoms with E-state index in [4.69, 9.17) is 9.47 Å². The van der Waals surface area contributed by atoms with Gasteiger partial charge in [0, 0.05) is 5.38 Å². The third-order valence-corrected chi connectivity index (χ3v) is 3.90. The monoisotopic (exact) mass is 324 g/mol. The molecule has 2 rings (SSSR count). The highest BCUT2D eigenvalue weighted by Crippen LogP contribution is 2.32. The summed E-state index contributed by atoms with van der Waals surface area (Å²) in [6.45, 7) is 2.67. The first-order valence-electron chi connectivity index (χ1n) is 6.44. The molecule has 2 atom stereocenters. The fourth-order valence-electron chi connectivity index (χ4n) is 1.82. The van der Waals surface area contributed by atoms with E-state index in [0.717, 1.165) is 16.7 Å². The summed E-state index contributed by atoms with van der Waals surface area (Å²) in [6.07, 6.45) is -4.77. The Balaban J connectivity index is 2.02. The van der Waals surface area contributed by atoms with Gasteiger partial charge in [0.2, 0.25) is 0 Å². The third kappa shape index (κ3) is 4.14. The van der Waals surface area contributed by atoms with E-state index in [1.807, 2.05) is 0 Å². The number of amides is 1. The van der Waals surface area contributed by atoms with Gasteiger partial charge in [-0.05, 0) is 6.42 Å². The Hall–Kier alpha value is -1.19. The number of alkyl halides is 3. The highest BCUT2D eigenvalue weighted by atomic mass is 32.1. The average molecular weight is 324 g/mol. The van der Waals surface area contributed by atoms with Crippen LogP contribution in [0.5, 0.6) is 0 Å². The largest absolute Gasteiger partial charge is 0.434 e. The Kier molecular flexibility index (Phi) is 5.17. The summed E-state index contributed by atoms with van der Waals surface area (Å²) in [4.78, 5) is 15.5. The van der Waals surface area contributed by atoms with E-state index in [1.165, 1.54) is 0 Å². The molecule has 1 fully saturated rings. The van der Waals surface area contributed by atoms with Gasteiger partial charge in [0.05, 0.1) is 25.9 Å². The molecule has 0 unspecified atom stereocenters. The predicted molar refractivity (Wildman–Crippen MR) is 68.8 cm³/mol. The molecule has 0 aromatic carbocycles. The van der Waals surface area contributed by atoms with Gasteiger partial charge < -0.3 is 14.8 Å². The highest BCUT2D eigenvalue weighted by molar-refractivity contribution is 7.09. The summed E-state index contributed by atoms with van der Waals surface area (Å²) < 4.78 is 48.0. The molecule has 0 spiro atoms. The van der Waals surface area contributed by atoms with Crippen LogP contribution < -0.4 is 5.32 Å². The maximum atomic E-state index is 12.5. The van der Waals surface area contributed by atoms with Crippen molar-refractivity contribution in [2.45, 2.75) is 31.7 Å². The SMILES string of the molecule is CC[C@H](NC(=O)[C@@H]1COCCO1)c1nc(C(F)(F)F)cs1. The molecule has 1 N–H and O–H groups in total. The fraction of sp³-hybridized carbons (Fsp3) is 0.667. The van der Waals surface area contributed by atoms with E-state index in [9.17, 15) is 18.0 Å². The van der Waals surface area contributed by atoms with Crippen LogP contribution in [-0.4, -0.2) is 36.8 Å². The van der Waals surface area contributed by atoms with Crippen LogP contribution in [-0.2, 0) is 20.4 Å². The summed E-state index contributed by atoms with van der Waals surface area (Å²) in [6, 6.07) is -0.566. The minimum absolute atomic E-state index is 0.147. The van der Waals surface area contributed by atoms with Crippen LogP contribution in [0, 0.1) is 0 Å². The van der Waals surface area contributed by atoms with E-state index in [0.29, 0.717) is 19.6 Å². The van der Waals surface area contributed by atoms with Gasteiger partial charge in [0.1, 0.15) is 5.01 Å². The van der Waals surface area contributed by atoms with Gasteiger partial charge in [0.15, 0.2) is 11.8 Å². The van der Waals surface area contributed by atoms with Crippen LogP contribution in [0.25, 0.3) is 0 Å². The van der Waals surface area contributed by atoms with Gasteiger partial charge >= 0.3 is 6.18 Å². The van der Waals surface area contributed by atoms with E-state index in [1.54, 1.807) is 6.92 Å². The molecule has 0 aliphatic carbocycles. The van der Waals surface area contributed by atoms with Gasteiger partial charge in [-0.15, -0.1) is 11.3 Å². The van der Waals surface area contributed by atoms with Crippen molar-refractivity contribution in [2.75, 3.05) is 19.8 Å². The maximum absolute atomic E-state index is 12.5. The lowest BCUT2D eigenvalue weighted by molar-refractivity contribution is -0.148. The van der Waals surface area contributed by atoms with Gasteiger partial charge in [-0.25, -0.2) is 4.98 Å². The van der Waals surface area contributed by atoms with Crippen LogP contribution >= 0.6 is 11.3 Å². The average Bonchev–Trinajstić information content (AvgIpc) is 2.95. The molecule has 0 bridgehead atoms. The van der Waals surface area contributed by atoms with Gasteiger partial charge in [0.25, 0.3) is 5.91 Å². The van der Waals surface area contributed by atoms with Crippen molar-refractivity contribution in [2.24, 2.45) is 0 Å². The molecule has 118 valence electrons. The molecule has 5 nitrogen and oxygen atoms in total. The maximum Gasteiger partial charge on any atom is 0.434 e. The Morgan fingerprint density at radius 2 is 2.33 bits per heavy atom. The first kappa shape index (κ1) is 16.2. The second-order valence-corrected chi connectivity index (χ2v) is 5.36. The quantitative estimate of drug-likeness (QED) is 0.922. The number of halogens is 3. The Morgan fingerprint density at radius 1 is 1.57 bits per heavy atom. The van der Waals surface area contributed by atoms with E-state index in [2.05, 4.69) is 10.3 Å². The van der Waals surface area contributed by atoms with Crippen molar-refractivity contribution in [1.82, 2.24) is 10.3 Å². The van der Waals surface area contributed by atoms with Crippen molar-refractivity contribution >= 4 is 17.2 Å². The predicted octanol–water partition coefficient (Wildman–Crippen LogP) is 2.14. The second-order valence-electron chi connectivity index (χ2n) is 4.47. The number of hydrogen-bond donors (Lipinski definition) is 1. The first-order chi connectivity index (χ1) is 9.91. The topological polar surface area (TPSA) is 60.5 Å². The standard InChI is InChI=1S/C12H15F3N2O3S/c1-2-7(11-17-9(6-21-11)12(13,14)15)16-10(18)8-5-19-3-4-20-8/h6-8H,2-5H2,1H3,(H,16,18)/t7-,8-/m0/s1. The van der Waals surface area contributed by atoms with E-state index in [-0.39, 0.29) is 11.6 Å². The minimum atomic E-state index is -4.47. The summed E-state index contributed by atoms with van der Waals surface area (Å²) in [5.41, 5.74) is -0.938. The zero-order chi connectivity index (χ0) is 15.5. The van der Waals surface area contributed by atoms with Crippen molar-refractivity contribution < 1.29 is 27.4 Å². The number of hydrogen-bond acceptors (Lipinski definition) is 5. The molecule has 9 heteroatoms. The van der Waals surface area contributed by atoms with E-state index >= 15 is 0 Å². The van der Waals surface area contributed by atoms with Crippen LogP contribution in [0.2, 0.25) is 0 Å². The van der Waals surface area contributed by atoms with E-state index < -0.39 is 29.9 Å². The van der Waals surface area contributed by atoms with Gasteiger partial charge in [-0.3, -0.25) is 4.79 Å². The molecule has 0 radical (unpaired) electrons. The number of nitrogens with one attached hydrogen (secondary N) is 1. The molecule has 21 heavy (non-hydrogen) atoms. The molecule has 1 aliphatic rings. The number of thiazole rings is 1. The molecule has 0 saturated carbocycles. The summed E-state index contributed by atoms with van der Waals surface area (Å²) in [5.74, 6) is -0.398. The lowest BCUT2D eigenvalue weighted by atomic mass is 10.2. The molecule has 1 aliphatic heterocycles. The molecule has 1 aromatic rings. The van der Waals surface area contributed by atoms with Gasteiger partial charge in [-0.1, -0.05) is 6.92 Å². The normalized spacial score (nSPS) is 21.0. The summed E-state index contributed by atoms with van der Waals surface area (Å²) >= 11 is 0.880. The summed E-state index contributed by atoms with van der Waals surface area (Å²) in [7, 11) is 0. The molecular weight excluding hydrogens is 309 g/mol. The van der Waals surface area contributed by atoms with Crippen molar-refractivity contribution in [3.05, 3.63) is 16.1 Å². The third-order valence-electron chi connectivity index (χ3n) is 2.94. The van der Waals surface area contributed by atoms with Crippen molar-refractivity contribution in [1.29, 1.82) is 0 Å². The Bertz CT molecular complexity index is 486. The number of rotatable bonds is 4. The molecule has 1 amide bonds. The van der Waals surface area contributed by atoms with Crippen LogP contribution in [0.3, 0.4) is 0 Å². The van der Waals surface area contributed by atoms with Gasteiger partial charge in [-0.2, -0.15) is 13.2 Å². The number of carbonyl (C=O) groups excluding carboxylic acids is 1. The zero-order valence-electron chi connectivity index (χ0n) is 11.3. The minimum Gasteiger partial charge on any atom is -0.376 e. The Labute approximate surface area is 123 Å². The first-order valence-corrected chi connectivity index (χ1v) is 7.32. The zero-order valence-corrected chi connectivity index (χ0v) is 12.1. The Morgan fingerprint density at radius 3 is 2.86 bits per heavy atom. The van der Waals surface area contributed by atoms with Crippen molar-refractivity contribution in [3.8, 4) is 0 Å². The molecular formula is C12H15F3N2O3S. The number of ether oxygens (including phenoxy) is 2. The number of nitrogens with zero attached hydrogens (tertiary/aromatic N) is 1. The molecule has 2 heterocycles. The smallest absolute Gasteiger partial charge is 0.376 e. The molecule has 1 saturated heterocycles. The lowest BCUT2D eigenvalue weighted by Gasteiger charge is -2.24. The lowest BCUT2D eigenvalue weighted by Crippen LogP contribution is -2.44. The fourth-order valence-corrected chi connectivity index (χ4v) is 2.78. The van der Waals surface area contributed by atoms with Crippen molar-refractivity contribution in [3.63, 3.8) is 0 Å². The summed E-state index contributed by atoms with van der Waals surface area (Å²) in [5, 5.41) is 3.83.